The largest absolute Gasteiger partial charge is 0.480 e. The molecule has 0 radical (unpaired) electrons. The van der Waals surface area contributed by atoms with Gasteiger partial charge in [0, 0.05) is 11.3 Å². The Morgan fingerprint density at radius 3 is 2.41 bits per heavy atom. The second-order valence-electron chi connectivity index (χ2n) is 4.47. The SMILES string of the molecule is CCCC(NC(=O)NCC(C)(C)SC)C(=O)O. The van der Waals surface area contributed by atoms with Gasteiger partial charge in [0.2, 0.25) is 0 Å². The molecule has 17 heavy (non-hydrogen) atoms. The fourth-order valence-electron chi connectivity index (χ4n) is 1.12. The van der Waals surface area contributed by atoms with E-state index in [1.807, 2.05) is 27.0 Å². The zero-order valence-corrected chi connectivity index (χ0v) is 11.7. The lowest BCUT2D eigenvalue weighted by Crippen LogP contribution is -2.48. The summed E-state index contributed by atoms with van der Waals surface area (Å²) >= 11 is 1.65. The molecule has 2 amide bonds. The Morgan fingerprint density at radius 1 is 1.41 bits per heavy atom. The summed E-state index contributed by atoms with van der Waals surface area (Å²) in [6.45, 7) is 6.40. The molecule has 0 rings (SSSR count). The van der Waals surface area contributed by atoms with E-state index in [-0.39, 0.29) is 4.75 Å². The van der Waals surface area contributed by atoms with Crippen molar-refractivity contribution in [2.75, 3.05) is 12.8 Å². The molecule has 3 N–H and O–H groups in total. The van der Waals surface area contributed by atoms with Crippen molar-refractivity contribution in [2.45, 2.75) is 44.4 Å². The Morgan fingerprint density at radius 2 is 2.00 bits per heavy atom. The normalized spacial score (nSPS) is 12.9. The molecule has 0 saturated carbocycles. The number of thioether (sulfide) groups is 1. The predicted molar refractivity (Wildman–Crippen MR) is 70.5 cm³/mol. The number of carboxylic acids is 1. The van der Waals surface area contributed by atoms with Crippen molar-refractivity contribution in [1.29, 1.82) is 0 Å². The van der Waals surface area contributed by atoms with Crippen LogP contribution in [0, 0.1) is 0 Å². The molecule has 0 spiro atoms. The van der Waals surface area contributed by atoms with E-state index in [1.165, 1.54) is 0 Å². The third kappa shape index (κ3) is 7.10. The molecule has 0 aliphatic rings. The van der Waals surface area contributed by atoms with Crippen molar-refractivity contribution in [3.05, 3.63) is 0 Å². The van der Waals surface area contributed by atoms with E-state index < -0.39 is 18.0 Å². The molecular weight excluding hydrogens is 240 g/mol. The summed E-state index contributed by atoms with van der Waals surface area (Å²) in [5.74, 6) is -0.994. The second kappa shape index (κ2) is 7.42. The average Bonchev–Trinajstić information content (AvgIpc) is 2.26. The van der Waals surface area contributed by atoms with E-state index >= 15 is 0 Å². The Kier molecular flexibility index (Phi) is 7.03. The van der Waals surface area contributed by atoms with Crippen LogP contribution >= 0.6 is 11.8 Å². The number of carbonyl (C=O) groups excluding carboxylic acids is 1. The van der Waals surface area contributed by atoms with Crippen LogP contribution in [-0.4, -0.2) is 40.7 Å². The van der Waals surface area contributed by atoms with Gasteiger partial charge < -0.3 is 15.7 Å². The van der Waals surface area contributed by atoms with Crippen LogP contribution < -0.4 is 10.6 Å². The summed E-state index contributed by atoms with van der Waals surface area (Å²) < 4.78 is -0.0547. The minimum Gasteiger partial charge on any atom is -0.480 e. The summed E-state index contributed by atoms with van der Waals surface area (Å²) in [5.41, 5.74) is 0. The van der Waals surface area contributed by atoms with Gasteiger partial charge in [-0.05, 0) is 26.5 Å². The van der Waals surface area contributed by atoms with Crippen molar-refractivity contribution >= 4 is 23.8 Å². The molecule has 0 aliphatic heterocycles. The zero-order valence-electron chi connectivity index (χ0n) is 10.9. The molecule has 0 saturated heterocycles. The highest BCUT2D eigenvalue weighted by Crippen LogP contribution is 2.19. The van der Waals surface area contributed by atoms with E-state index in [4.69, 9.17) is 5.11 Å². The van der Waals surface area contributed by atoms with Crippen LogP contribution in [0.1, 0.15) is 33.6 Å². The summed E-state index contributed by atoms with van der Waals surface area (Å²) in [6.07, 6.45) is 3.12. The van der Waals surface area contributed by atoms with Gasteiger partial charge >= 0.3 is 12.0 Å². The molecule has 1 atom stereocenters. The molecule has 0 aliphatic carbocycles. The van der Waals surface area contributed by atoms with Gasteiger partial charge in [0.1, 0.15) is 6.04 Å². The van der Waals surface area contributed by atoms with E-state index in [2.05, 4.69) is 10.6 Å². The average molecular weight is 262 g/mol. The maximum Gasteiger partial charge on any atom is 0.326 e. The van der Waals surface area contributed by atoms with E-state index in [9.17, 15) is 9.59 Å². The Balaban J connectivity index is 4.11. The molecule has 5 nitrogen and oxygen atoms in total. The summed E-state index contributed by atoms with van der Waals surface area (Å²) in [7, 11) is 0. The van der Waals surface area contributed by atoms with Crippen LogP contribution in [0.2, 0.25) is 0 Å². The van der Waals surface area contributed by atoms with Gasteiger partial charge in [0.15, 0.2) is 0 Å². The van der Waals surface area contributed by atoms with Gasteiger partial charge in [-0.3, -0.25) is 0 Å². The van der Waals surface area contributed by atoms with Crippen LogP contribution in [0.5, 0.6) is 0 Å². The highest BCUT2D eigenvalue weighted by molar-refractivity contribution is 7.99. The predicted octanol–water partition coefficient (Wildman–Crippen LogP) is 1.68. The number of carbonyl (C=O) groups is 2. The molecule has 0 fully saturated rings. The number of urea groups is 1. The maximum absolute atomic E-state index is 11.5. The second-order valence-corrected chi connectivity index (χ2v) is 5.98. The number of nitrogens with one attached hydrogen (secondary N) is 2. The van der Waals surface area contributed by atoms with Crippen LogP contribution in [0.3, 0.4) is 0 Å². The monoisotopic (exact) mass is 262 g/mol. The van der Waals surface area contributed by atoms with Crippen molar-refractivity contribution in [3.63, 3.8) is 0 Å². The number of carboxylic acid groups (broad SMARTS) is 1. The molecule has 6 heteroatoms. The third-order valence-corrected chi connectivity index (χ3v) is 3.66. The number of aliphatic carboxylic acids is 1. The minimum atomic E-state index is -0.994. The molecule has 0 aromatic heterocycles. The topological polar surface area (TPSA) is 78.4 Å². The van der Waals surface area contributed by atoms with Crippen molar-refractivity contribution in [1.82, 2.24) is 10.6 Å². The lowest BCUT2D eigenvalue weighted by Gasteiger charge is -2.23. The van der Waals surface area contributed by atoms with Crippen molar-refractivity contribution in [2.24, 2.45) is 0 Å². The van der Waals surface area contributed by atoms with Crippen LogP contribution in [0.4, 0.5) is 4.79 Å². The number of hydrogen-bond acceptors (Lipinski definition) is 3. The molecule has 0 bridgehead atoms. The van der Waals surface area contributed by atoms with Gasteiger partial charge in [-0.25, -0.2) is 9.59 Å². The van der Waals surface area contributed by atoms with Gasteiger partial charge in [-0.15, -0.1) is 0 Å². The molecule has 100 valence electrons. The first-order valence-electron chi connectivity index (χ1n) is 5.64. The fourth-order valence-corrected chi connectivity index (χ4v) is 1.34. The summed E-state index contributed by atoms with van der Waals surface area (Å²) in [6, 6.07) is -1.23. The fraction of sp³-hybridized carbons (Fsp3) is 0.818. The first kappa shape index (κ1) is 16.1. The Labute approximate surface area is 107 Å². The van der Waals surface area contributed by atoms with Gasteiger partial charge in [-0.1, -0.05) is 13.3 Å². The zero-order chi connectivity index (χ0) is 13.5. The third-order valence-electron chi connectivity index (χ3n) is 2.41. The molecule has 1 unspecified atom stereocenters. The molecule has 0 aromatic carbocycles. The van der Waals surface area contributed by atoms with Gasteiger partial charge in [-0.2, -0.15) is 11.8 Å². The Bertz CT molecular complexity index is 269. The standard InChI is InChI=1S/C11H22N2O3S/c1-5-6-8(9(14)15)13-10(16)12-7-11(2,3)17-4/h8H,5-7H2,1-4H3,(H,14,15)(H2,12,13,16). The lowest BCUT2D eigenvalue weighted by atomic mass is 10.2. The van der Waals surface area contributed by atoms with E-state index in [0.717, 1.165) is 0 Å². The summed E-state index contributed by atoms with van der Waals surface area (Å²) in [4.78, 5) is 22.3. The highest BCUT2D eigenvalue weighted by Gasteiger charge is 2.21. The molecule has 0 aromatic rings. The Hall–Kier alpha value is -0.910. The number of hydrogen-bond donors (Lipinski definition) is 3. The number of amides is 2. The molecular formula is C11H22N2O3S. The van der Waals surface area contributed by atoms with Crippen molar-refractivity contribution < 1.29 is 14.7 Å². The lowest BCUT2D eigenvalue weighted by molar-refractivity contribution is -0.139. The van der Waals surface area contributed by atoms with Crippen LogP contribution in [0.25, 0.3) is 0 Å². The van der Waals surface area contributed by atoms with Crippen LogP contribution in [0.15, 0.2) is 0 Å². The first-order valence-corrected chi connectivity index (χ1v) is 6.87. The quantitative estimate of drug-likeness (QED) is 0.652. The van der Waals surface area contributed by atoms with Crippen molar-refractivity contribution in [3.8, 4) is 0 Å². The van der Waals surface area contributed by atoms with E-state index in [1.54, 1.807) is 11.8 Å². The minimum absolute atomic E-state index is 0.0547. The van der Waals surface area contributed by atoms with Gasteiger partial charge in [0.25, 0.3) is 0 Å². The van der Waals surface area contributed by atoms with E-state index in [0.29, 0.717) is 19.4 Å². The molecule has 0 heterocycles. The smallest absolute Gasteiger partial charge is 0.326 e. The highest BCUT2D eigenvalue weighted by atomic mass is 32.2. The number of rotatable bonds is 7. The van der Waals surface area contributed by atoms with Crippen LogP contribution in [-0.2, 0) is 4.79 Å². The first-order chi connectivity index (χ1) is 7.82. The van der Waals surface area contributed by atoms with Gasteiger partial charge in [0.05, 0.1) is 0 Å². The maximum atomic E-state index is 11.5. The summed E-state index contributed by atoms with van der Waals surface area (Å²) in [5, 5.41) is 14.0.